The Morgan fingerprint density at radius 3 is 2.39 bits per heavy atom. The molecule has 0 atom stereocenters. The molecule has 0 bridgehead atoms. The Hall–Kier alpha value is -2.37. The Balaban J connectivity index is 0.00000162. The molecule has 0 spiro atoms. The van der Waals surface area contributed by atoms with E-state index < -0.39 is 0 Å². The van der Waals surface area contributed by atoms with E-state index in [1.54, 1.807) is 28.8 Å². The maximum atomic E-state index is 8.62. The highest BCUT2D eigenvalue weighted by Crippen LogP contribution is 2.11. The molecule has 2 aromatic rings. The summed E-state index contributed by atoms with van der Waals surface area (Å²) >= 11 is 0. The van der Waals surface area contributed by atoms with Crippen molar-refractivity contribution in [2.45, 2.75) is 0 Å². The molecule has 0 fully saturated rings. The van der Waals surface area contributed by atoms with Gasteiger partial charge in [0.05, 0.1) is 6.07 Å². The second kappa shape index (κ2) is 6.39. The standard InChI is InChI=1S/C13H8N3O.BrH/c14-9-11(10-15)8-12-4-5-13(17-12)16-6-2-1-3-7-16;/h1-8H;1H/q+1;/p-1. The monoisotopic (exact) mass is 301 g/mol. The number of rotatable bonds is 2. The SMILES string of the molecule is N#CC(C#N)=Cc1ccc(-[n+]2ccccc2)o1.[Br-]. The number of pyridine rings is 1. The van der Waals surface area contributed by atoms with Crippen molar-refractivity contribution < 1.29 is 26.0 Å². The van der Waals surface area contributed by atoms with Gasteiger partial charge in [-0.15, -0.1) is 4.57 Å². The molecule has 2 aromatic heterocycles. The Morgan fingerprint density at radius 2 is 1.78 bits per heavy atom. The van der Waals surface area contributed by atoms with Gasteiger partial charge in [0.25, 0.3) is 0 Å². The van der Waals surface area contributed by atoms with E-state index in [1.165, 1.54) is 6.08 Å². The van der Waals surface area contributed by atoms with E-state index in [2.05, 4.69) is 0 Å². The summed E-state index contributed by atoms with van der Waals surface area (Å²) in [6.07, 6.45) is 5.11. The van der Waals surface area contributed by atoms with E-state index in [1.807, 2.05) is 30.6 Å². The lowest BCUT2D eigenvalue weighted by Gasteiger charge is -1.88. The molecule has 0 aliphatic heterocycles. The van der Waals surface area contributed by atoms with Crippen LogP contribution in [0.3, 0.4) is 0 Å². The van der Waals surface area contributed by atoms with E-state index in [-0.39, 0.29) is 22.6 Å². The molecule has 2 rings (SSSR count). The Kier molecular flexibility index (Phi) is 4.86. The summed E-state index contributed by atoms with van der Waals surface area (Å²) in [5.74, 6) is 1.11. The number of aromatic nitrogens is 1. The Labute approximate surface area is 115 Å². The molecule has 4 nitrogen and oxygen atoms in total. The first kappa shape index (κ1) is 13.7. The summed E-state index contributed by atoms with van der Waals surface area (Å²) < 4.78 is 7.29. The van der Waals surface area contributed by atoms with Gasteiger partial charge in [-0.25, -0.2) is 0 Å². The summed E-state index contributed by atoms with van der Waals surface area (Å²) in [4.78, 5) is 0. The van der Waals surface area contributed by atoms with Gasteiger partial charge in [0.2, 0.25) is 0 Å². The Bertz CT molecular complexity index is 616. The van der Waals surface area contributed by atoms with Crippen molar-refractivity contribution in [2.24, 2.45) is 0 Å². The van der Waals surface area contributed by atoms with Crippen molar-refractivity contribution >= 4 is 6.08 Å². The van der Waals surface area contributed by atoms with Crippen molar-refractivity contribution in [2.75, 3.05) is 0 Å². The van der Waals surface area contributed by atoms with Gasteiger partial charge >= 0.3 is 5.88 Å². The topological polar surface area (TPSA) is 64.6 Å². The van der Waals surface area contributed by atoms with Crippen LogP contribution < -0.4 is 21.5 Å². The van der Waals surface area contributed by atoms with Crippen LogP contribution in [-0.2, 0) is 0 Å². The fourth-order valence-electron chi connectivity index (χ4n) is 1.34. The predicted octanol–water partition coefficient (Wildman–Crippen LogP) is -1.01. The minimum absolute atomic E-state index is 0. The highest BCUT2D eigenvalue weighted by molar-refractivity contribution is 5.58. The average molecular weight is 302 g/mol. The number of nitriles is 2. The zero-order valence-electron chi connectivity index (χ0n) is 9.25. The molecule has 88 valence electrons. The van der Waals surface area contributed by atoms with Crippen molar-refractivity contribution in [3.8, 4) is 18.0 Å². The van der Waals surface area contributed by atoms with Crippen LogP contribution >= 0.6 is 0 Å². The van der Waals surface area contributed by atoms with Crippen molar-refractivity contribution in [3.63, 3.8) is 0 Å². The highest BCUT2D eigenvalue weighted by atomic mass is 79.9. The van der Waals surface area contributed by atoms with E-state index in [0.29, 0.717) is 11.6 Å². The molecule has 2 heterocycles. The summed E-state index contributed by atoms with van der Waals surface area (Å²) in [5.41, 5.74) is 0.0176. The molecule has 0 radical (unpaired) electrons. The quantitative estimate of drug-likeness (QED) is 0.527. The summed E-state index contributed by atoms with van der Waals surface area (Å²) in [6.45, 7) is 0. The largest absolute Gasteiger partial charge is 1.00 e. The minimum atomic E-state index is 0. The summed E-state index contributed by atoms with van der Waals surface area (Å²) in [6, 6.07) is 12.7. The molecular weight excluding hydrogens is 294 g/mol. The molecule has 18 heavy (non-hydrogen) atoms. The number of nitrogens with zero attached hydrogens (tertiary/aromatic N) is 3. The first-order valence-corrected chi connectivity index (χ1v) is 4.92. The van der Waals surface area contributed by atoms with Gasteiger partial charge < -0.3 is 21.4 Å². The first-order valence-electron chi connectivity index (χ1n) is 4.92. The number of allylic oxidation sites excluding steroid dienone is 1. The van der Waals surface area contributed by atoms with Crippen LogP contribution in [0, 0.1) is 22.7 Å². The summed E-state index contributed by atoms with van der Waals surface area (Å²) in [7, 11) is 0. The molecule has 0 saturated carbocycles. The second-order valence-corrected chi connectivity index (χ2v) is 3.24. The number of halogens is 1. The first-order chi connectivity index (χ1) is 8.33. The molecular formula is C13H8BrN3O. The maximum absolute atomic E-state index is 8.62. The molecule has 0 aromatic carbocycles. The highest BCUT2D eigenvalue weighted by Gasteiger charge is 2.09. The van der Waals surface area contributed by atoms with E-state index in [9.17, 15) is 0 Å². The zero-order valence-corrected chi connectivity index (χ0v) is 10.8. The molecule has 0 N–H and O–H groups in total. The molecule has 0 aliphatic rings. The van der Waals surface area contributed by atoms with Crippen molar-refractivity contribution in [3.05, 3.63) is 54.1 Å². The molecule has 0 amide bonds. The number of hydrogen-bond donors (Lipinski definition) is 0. The van der Waals surface area contributed by atoms with Gasteiger partial charge in [-0.2, -0.15) is 10.5 Å². The fourth-order valence-corrected chi connectivity index (χ4v) is 1.34. The maximum Gasteiger partial charge on any atom is 0.378 e. The van der Waals surface area contributed by atoms with Gasteiger partial charge in [-0.3, -0.25) is 0 Å². The average Bonchev–Trinajstić information content (AvgIpc) is 2.85. The zero-order chi connectivity index (χ0) is 12.1. The Morgan fingerprint density at radius 1 is 1.11 bits per heavy atom. The van der Waals surface area contributed by atoms with Crippen LogP contribution in [0.1, 0.15) is 5.76 Å². The van der Waals surface area contributed by atoms with Crippen LogP contribution in [0.4, 0.5) is 0 Å². The van der Waals surface area contributed by atoms with Gasteiger partial charge in [0.15, 0.2) is 12.4 Å². The molecule has 0 saturated heterocycles. The molecule has 0 aliphatic carbocycles. The van der Waals surface area contributed by atoms with Crippen molar-refractivity contribution in [1.82, 2.24) is 0 Å². The fraction of sp³-hybridized carbons (Fsp3) is 0. The predicted molar refractivity (Wildman–Crippen MR) is 59.4 cm³/mol. The minimum Gasteiger partial charge on any atom is -1.00 e. The molecule has 5 heteroatoms. The van der Waals surface area contributed by atoms with Gasteiger partial charge in [0, 0.05) is 18.2 Å². The van der Waals surface area contributed by atoms with E-state index >= 15 is 0 Å². The van der Waals surface area contributed by atoms with Crippen LogP contribution in [0.2, 0.25) is 0 Å². The van der Waals surface area contributed by atoms with E-state index in [4.69, 9.17) is 14.9 Å². The van der Waals surface area contributed by atoms with Gasteiger partial charge in [-0.1, -0.05) is 6.07 Å². The van der Waals surface area contributed by atoms with Crippen LogP contribution in [0.5, 0.6) is 0 Å². The lowest BCUT2D eigenvalue weighted by molar-refractivity contribution is -0.609. The number of hydrogen-bond acceptors (Lipinski definition) is 3. The van der Waals surface area contributed by atoms with Crippen LogP contribution in [-0.4, -0.2) is 0 Å². The third-order valence-corrected chi connectivity index (χ3v) is 2.11. The van der Waals surface area contributed by atoms with E-state index in [0.717, 1.165) is 0 Å². The lowest BCUT2D eigenvalue weighted by atomic mass is 10.3. The van der Waals surface area contributed by atoms with Crippen LogP contribution in [0.15, 0.2) is 52.7 Å². The second-order valence-electron chi connectivity index (χ2n) is 3.24. The normalized spacial score (nSPS) is 8.56. The third kappa shape index (κ3) is 3.07. The van der Waals surface area contributed by atoms with Gasteiger partial charge in [0.1, 0.15) is 23.5 Å². The van der Waals surface area contributed by atoms with Crippen LogP contribution in [0.25, 0.3) is 12.0 Å². The third-order valence-electron chi connectivity index (χ3n) is 2.11. The number of furan rings is 1. The van der Waals surface area contributed by atoms with Crippen molar-refractivity contribution in [1.29, 1.82) is 10.5 Å². The summed E-state index contributed by atoms with van der Waals surface area (Å²) in [5, 5.41) is 17.2. The van der Waals surface area contributed by atoms with Gasteiger partial charge in [-0.05, 0) is 6.07 Å². The smallest absolute Gasteiger partial charge is 0.378 e. The molecule has 0 unspecified atom stereocenters. The lowest BCUT2D eigenvalue weighted by Crippen LogP contribution is -3.00.